The molecule has 3 saturated heterocycles. The number of urea groups is 1. The van der Waals surface area contributed by atoms with Crippen molar-refractivity contribution in [2.75, 3.05) is 46.8 Å². The van der Waals surface area contributed by atoms with Crippen LogP contribution in [-0.2, 0) is 0 Å². The van der Waals surface area contributed by atoms with Gasteiger partial charge in [0.1, 0.15) is 0 Å². The summed E-state index contributed by atoms with van der Waals surface area (Å²) in [5.74, 6) is 0.656. The first kappa shape index (κ1) is 12.2. The average Bonchev–Trinajstić information content (AvgIpc) is 3.04. The highest BCUT2D eigenvalue weighted by Crippen LogP contribution is 2.29. The highest BCUT2D eigenvalue weighted by atomic mass is 16.2. The summed E-state index contributed by atoms with van der Waals surface area (Å²) in [5.41, 5.74) is 0. The van der Waals surface area contributed by atoms with Gasteiger partial charge in [0.05, 0.1) is 6.04 Å². The highest BCUT2D eigenvalue weighted by molar-refractivity contribution is 5.77. The van der Waals surface area contributed by atoms with Gasteiger partial charge in [-0.1, -0.05) is 0 Å². The van der Waals surface area contributed by atoms with Gasteiger partial charge < -0.3 is 20.0 Å². The summed E-state index contributed by atoms with van der Waals surface area (Å²) >= 11 is 0. The Morgan fingerprint density at radius 3 is 2.67 bits per heavy atom. The lowest BCUT2D eigenvalue weighted by Crippen LogP contribution is -2.39. The fraction of sp³-hybridized carbons (Fsp3) is 0.923. The molecule has 102 valence electrons. The average molecular weight is 252 g/mol. The van der Waals surface area contributed by atoms with Crippen LogP contribution in [0.5, 0.6) is 0 Å². The summed E-state index contributed by atoms with van der Waals surface area (Å²) in [6, 6.07) is 1.08. The molecule has 5 heteroatoms. The third-order valence-corrected chi connectivity index (χ3v) is 4.88. The molecule has 0 saturated carbocycles. The van der Waals surface area contributed by atoms with Crippen molar-refractivity contribution < 1.29 is 4.79 Å². The lowest BCUT2D eigenvalue weighted by atomic mass is 9.98. The first-order valence-electron chi connectivity index (χ1n) is 7.09. The lowest BCUT2D eigenvalue weighted by Gasteiger charge is -2.24. The number of carbonyl (C=O) groups is 1. The van der Waals surface area contributed by atoms with Crippen molar-refractivity contribution in [3.63, 3.8) is 0 Å². The molecule has 0 bridgehead atoms. The van der Waals surface area contributed by atoms with Crippen LogP contribution in [0.4, 0.5) is 4.79 Å². The van der Waals surface area contributed by atoms with Crippen LogP contribution in [0.25, 0.3) is 0 Å². The van der Waals surface area contributed by atoms with Crippen LogP contribution in [-0.4, -0.2) is 79.6 Å². The van der Waals surface area contributed by atoms with E-state index in [-0.39, 0.29) is 6.03 Å². The third kappa shape index (κ3) is 1.99. The molecule has 2 amide bonds. The second-order valence-corrected chi connectivity index (χ2v) is 6.07. The van der Waals surface area contributed by atoms with E-state index < -0.39 is 0 Å². The number of likely N-dealkylation sites (N-methyl/N-ethyl adjacent to an activating group) is 1. The van der Waals surface area contributed by atoms with Crippen LogP contribution in [0.3, 0.4) is 0 Å². The Morgan fingerprint density at radius 2 is 2.06 bits per heavy atom. The Morgan fingerprint density at radius 1 is 1.22 bits per heavy atom. The molecule has 3 atom stereocenters. The maximum absolute atomic E-state index is 12.4. The molecule has 3 fully saturated rings. The van der Waals surface area contributed by atoms with Crippen molar-refractivity contribution in [2.24, 2.45) is 5.92 Å². The van der Waals surface area contributed by atoms with Gasteiger partial charge in [0.25, 0.3) is 0 Å². The van der Waals surface area contributed by atoms with Gasteiger partial charge in [-0.3, -0.25) is 0 Å². The highest BCUT2D eigenvalue weighted by Gasteiger charge is 2.43. The predicted molar refractivity (Wildman–Crippen MR) is 70.5 cm³/mol. The van der Waals surface area contributed by atoms with Gasteiger partial charge in [-0.25, -0.2) is 4.79 Å². The number of nitrogens with zero attached hydrogens (tertiary/aromatic N) is 3. The maximum Gasteiger partial charge on any atom is 0.320 e. The number of rotatable bonds is 2. The molecule has 5 nitrogen and oxygen atoms in total. The Balaban J connectivity index is 1.68. The largest absolute Gasteiger partial charge is 0.323 e. The van der Waals surface area contributed by atoms with Crippen LogP contribution in [0, 0.1) is 5.92 Å². The second-order valence-electron chi connectivity index (χ2n) is 6.07. The quantitative estimate of drug-likeness (QED) is 0.754. The topological polar surface area (TPSA) is 38.8 Å². The summed E-state index contributed by atoms with van der Waals surface area (Å²) in [4.78, 5) is 18.8. The number of amides is 2. The van der Waals surface area contributed by atoms with E-state index in [1.807, 2.05) is 11.9 Å². The van der Waals surface area contributed by atoms with Crippen molar-refractivity contribution in [3.8, 4) is 0 Å². The molecule has 3 unspecified atom stereocenters. The molecule has 18 heavy (non-hydrogen) atoms. The standard InChI is InChI=1S/C13H24N4O/c1-15-6-4-10(8-15)12-9-17(13(18)16(12)2)11-3-5-14-7-11/h10-12,14H,3-9H2,1-2H3. The van der Waals surface area contributed by atoms with Gasteiger partial charge in [0.15, 0.2) is 0 Å². The molecule has 3 rings (SSSR count). The van der Waals surface area contributed by atoms with E-state index in [2.05, 4.69) is 22.2 Å². The van der Waals surface area contributed by atoms with Crippen LogP contribution in [0.1, 0.15) is 12.8 Å². The van der Waals surface area contributed by atoms with Crippen LogP contribution < -0.4 is 5.32 Å². The van der Waals surface area contributed by atoms with E-state index in [0.717, 1.165) is 32.6 Å². The third-order valence-electron chi connectivity index (χ3n) is 4.88. The summed E-state index contributed by atoms with van der Waals surface area (Å²) in [6.07, 6.45) is 2.34. The molecule has 0 aliphatic carbocycles. The molecule has 1 N–H and O–H groups in total. The zero-order chi connectivity index (χ0) is 12.7. The Bertz CT molecular complexity index is 329. The number of hydrogen-bond acceptors (Lipinski definition) is 3. The molecule has 0 aromatic heterocycles. The zero-order valence-electron chi connectivity index (χ0n) is 11.4. The van der Waals surface area contributed by atoms with Crippen LogP contribution in [0.2, 0.25) is 0 Å². The Hall–Kier alpha value is -0.810. The summed E-state index contributed by atoms with van der Waals surface area (Å²) in [7, 11) is 4.16. The maximum atomic E-state index is 12.4. The molecule has 0 aromatic rings. The summed E-state index contributed by atoms with van der Waals surface area (Å²) in [5, 5.41) is 3.36. The van der Waals surface area contributed by atoms with E-state index in [4.69, 9.17) is 0 Å². The van der Waals surface area contributed by atoms with Gasteiger partial charge in [-0.15, -0.1) is 0 Å². The SMILES string of the molecule is CN1CCC(C2CN(C3CCNC3)C(=O)N2C)C1. The molecule has 0 spiro atoms. The van der Waals surface area contributed by atoms with Gasteiger partial charge in [0, 0.05) is 32.7 Å². The van der Waals surface area contributed by atoms with E-state index in [9.17, 15) is 4.79 Å². The minimum atomic E-state index is 0.239. The number of likely N-dealkylation sites (tertiary alicyclic amines) is 1. The Kier molecular flexibility index (Phi) is 3.20. The van der Waals surface area contributed by atoms with E-state index in [1.54, 1.807) is 0 Å². The number of nitrogens with one attached hydrogen (secondary N) is 1. The van der Waals surface area contributed by atoms with Gasteiger partial charge in [0.2, 0.25) is 0 Å². The van der Waals surface area contributed by atoms with Crippen molar-refractivity contribution in [3.05, 3.63) is 0 Å². The van der Waals surface area contributed by atoms with Crippen LogP contribution >= 0.6 is 0 Å². The molecule has 3 aliphatic rings. The monoisotopic (exact) mass is 252 g/mol. The molecule has 0 radical (unpaired) electrons. The smallest absolute Gasteiger partial charge is 0.320 e. The fourth-order valence-corrected chi connectivity index (χ4v) is 3.71. The number of hydrogen-bond donors (Lipinski definition) is 1. The van der Waals surface area contributed by atoms with E-state index in [0.29, 0.717) is 18.0 Å². The van der Waals surface area contributed by atoms with E-state index in [1.165, 1.54) is 13.0 Å². The first-order valence-corrected chi connectivity index (χ1v) is 7.09. The molecule has 3 heterocycles. The molecular formula is C13H24N4O. The summed E-state index contributed by atoms with van der Waals surface area (Å²) in [6.45, 7) is 5.26. The van der Waals surface area contributed by atoms with Crippen molar-refractivity contribution in [2.45, 2.75) is 24.9 Å². The molecular weight excluding hydrogens is 228 g/mol. The fourth-order valence-electron chi connectivity index (χ4n) is 3.71. The van der Waals surface area contributed by atoms with E-state index >= 15 is 0 Å². The lowest BCUT2D eigenvalue weighted by molar-refractivity contribution is 0.181. The number of carbonyl (C=O) groups excluding carboxylic acids is 1. The molecule has 0 aromatic carbocycles. The molecule has 3 aliphatic heterocycles. The van der Waals surface area contributed by atoms with Crippen molar-refractivity contribution in [1.82, 2.24) is 20.0 Å². The minimum Gasteiger partial charge on any atom is -0.323 e. The minimum absolute atomic E-state index is 0.239. The summed E-state index contributed by atoms with van der Waals surface area (Å²) < 4.78 is 0. The van der Waals surface area contributed by atoms with Crippen molar-refractivity contribution >= 4 is 6.03 Å². The predicted octanol–water partition coefficient (Wildman–Crippen LogP) is 0.0360. The van der Waals surface area contributed by atoms with Gasteiger partial charge in [-0.05, 0) is 38.9 Å². The van der Waals surface area contributed by atoms with Crippen LogP contribution in [0.15, 0.2) is 0 Å². The zero-order valence-corrected chi connectivity index (χ0v) is 11.4. The van der Waals surface area contributed by atoms with Gasteiger partial charge in [-0.2, -0.15) is 0 Å². The van der Waals surface area contributed by atoms with Gasteiger partial charge >= 0.3 is 6.03 Å². The van der Waals surface area contributed by atoms with Crippen molar-refractivity contribution in [1.29, 1.82) is 0 Å². The second kappa shape index (κ2) is 4.70. The normalized spacial score (nSPS) is 38.1. The first-order chi connectivity index (χ1) is 8.66. The Labute approximate surface area is 109 Å².